The fourth-order valence-electron chi connectivity index (χ4n) is 3.33. The number of ether oxygens (including phenoxy) is 1. The van der Waals surface area contributed by atoms with Gasteiger partial charge in [0.15, 0.2) is 0 Å². The van der Waals surface area contributed by atoms with Crippen molar-refractivity contribution < 1.29 is 4.74 Å². The number of hydrogen-bond acceptors (Lipinski definition) is 3. The van der Waals surface area contributed by atoms with Crippen molar-refractivity contribution in [2.75, 3.05) is 20.2 Å². The summed E-state index contributed by atoms with van der Waals surface area (Å²) in [4.78, 5) is 0. The molecule has 1 aliphatic heterocycles. The highest BCUT2D eigenvalue weighted by Crippen LogP contribution is 2.43. The molecule has 0 amide bonds. The smallest absolute Gasteiger partial charge is 0.145 e. The molecule has 0 spiro atoms. The van der Waals surface area contributed by atoms with Crippen LogP contribution in [0.3, 0.4) is 0 Å². The largest absolute Gasteiger partial charge is 0.494 e. The average Bonchev–Trinajstić information content (AvgIpc) is 2.93. The Bertz CT molecular complexity index is 724. The number of hydrazine groups is 1. The van der Waals surface area contributed by atoms with Crippen LogP contribution in [0.5, 0.6) is 0 Å². The van der Waals surface area contributed by atoms with Crippen molar-refractivity contribution in [2.24, 2.45) is 0 Å². The Hall–Kier alpha value is -2.52. The summed E-state index contributed by atoms with van der Waals surface area (Å²) in [6.07, 6.45) is 2.93. The van der Waals surface area contributed by atoms with E-state index >= 15 is 0 Å². The van der Waals surface area contributed by atoms with Crippen molar-refractivity contribution in [1.29, 1.82) is 0 Å². The van der Waals surface area contributed by atoms with Gasteiger partial charge in [-0.15, -0.1) is 6.58 Å². The van der Waals surface area contributed by atoms with E-state index in [-0.39, 0.29) is 6.04 Å². The molecule has 0 aromatic heterocycles. The van der Waals surface area contributed by atoms with Crippen LogP contribution in [0.25, 0.3) is 5.70 Å². The monoisotopic (exact) mass is 334 g/mol. The summed E-state index contributed by atoms with van der Waals surface area (Å²) in [5, 5.41) is 4.51. The molecular formula is C22H26N2O. The van der Waals surface area contributed by atoms with Gasteiger partial charge in [-0.05, 0) is 12.0 Å². The van der Waals surface area contributed by atoms with Crippen molar-refractivity contribution >= 4 is 5.70 Å². The maximum Gasteiger partial charge on any atom is 0.145 e. The Morgan fingerprint density at radius 1 is 1.04 bits per heavy atom. The van der Waals surface area contributed by atoms with Crippen LogP contribution in [0, 0.1) is 0 Å². The summed E-state index contributed by atoms with van der Waals surface area (Å²) >= 11 is 0. The highest BCUT2D eigenvalue weighted by molar-refractivity contribution is 5.69. The molecule has 130 valence electrons. The van der Waals surface area contributed by atoms with Gasteiger partial charge in [-0.3, -0.25) is 0 Å². The van der Waals surface area contributed by atoms with Gasteiger partial charge in [0, 0.05) is 19.2 Å². The number of benzene rings is 2. The maximum atomic E-state index is 6.30. The van der Waals surface area contributed by atoms with Crippen molar-refractivity contribution in [2.45, 2.75) is 19.4 Å². The van der Waals surface area contributed by atoms with Crippen molar-refractivity contribution in [3.05, 3.63) is 90.2 Å². The molecule has 25 heavy (non-hydrogen) atoms. The molecule has 0 saturated carbocycles. The van der Waals surface area contributed by atoms with Gasteiger partial charge in [-0.1, -0.05) is 73.7 Å². The molecule has 0 bridgehead atoms. The van der Waals surface area contributed by atoms with Gasteiger partial charge in [0.2, 0.25) is 0 Å². The van der Waals surface area contributed by atoms with E-state index in [0.717, 1.165) is 24.4 Å². The molecule has 0 radical (unpaired) electrons. The van der Waals surface area contributed by atoms with E-state index in [1.54, 1.807) is 0 Å². The van der Waals surface area contributed by atoms with Gasteiger partial charge >= 0.3 is 0 Å². The summed E-state index contributed by atoms with van der Waals surface area (Å²) in [7, 11) is 2.10. The molecule has 0 saturated heterocycles. The van der Waals surface area contributed by atoms with Crippen molar-refractivity contribution in [1.82, 2.24) is 10.0 Å². The highest BCUT2D eigenvalue weighted by Gasteiger charge is 2.39. The van der Waals surface area contributed by atoms with Gasteiger partial charge in [0.25, 0.3) is 0 Å². The maximum absolute atomic E-state index is 6.30. The first-order chi connectivity index (χ1) is 12.3. The van der Waals surface area contributed by atoms with Crippen LogP contribution >= 0.6 is 0 Å². The van der Waals surface area contributed by atoms with Gasteiger partial charge in [0.05, 0.1) is 12.3 Å². The second-order valence-electron chi connectivity index (χ2n) is 6.17. The molecule has 3 rings (SSSR count). The first kappa shape index (κ1) is 17.3. The third-order valence-corrected chi connectivity index (χ3v) is 4.43. The molecule has 3 nitrogen and oxygen atoms in total. The molecule has 1 aliphatic rings. The minimum atomic E-state index is 0.0611. The SMILES string of the molecule is C=CCN1C(c2ccccc2)C(OCCC)=C(c2ccccc2)N1C. The van der Waals surface area contributed by atoms with E-state index < -0.39 is 0 Å². The predicted octanol–water partition coefficient (Wildman–Crippen LogP) is 4.87. The van der Waals surface area contributed by atoms with Crippen LogP contribution in [0.15, 0.2) is 79.1 Å². The summed E-state index contributed by atoms with van der Waals surface area (Å²) in [5.74, 6) is 1.02. The summed E-state index contributed by atoms with van der Waals surface area (Å²) in [6, 6.07) is 21.1. The zero-order chi connectivity index (χ0) is 17.6. The minimum Gasteiger partial charge on any atom is -0.494 e. The Balaban J connectivity index is 2.13. The fourth-order valence-corrected chi connectivity index (χ4v) is 3.33. The summed E-state index contributed by atoms with van der Waals surface area (Å²) in [5.41, 5.74) is 3.53. The molecule has 2 aromatic carbocycles. The lowest BCUT2D eigenvalue weighted by Gasteiger charge is -2.31. The van der Waals surface area contributed by atoms with Crippen LogP contribution in [-0.2, 0) is 4.74 Å². The average molecular weight is 334 g/mol. The lowest BCUT2D eigenvalue weighted by atomic mass is 10.0. The zero-order valence-corrected chi connectivity index (χ0v) is 15.1. The van der Waals surface area contributed by atoms with Crippen LogP contribution in [-0.4, -0.2) is 30.2 Å². The Labute approximate surface area is 150 Å². The van der Waals surface area contributed by atoms with E-state index in [0.29, 0.717) is 6.61 Å². The Kier molecular flexibility index (Phi) is 5.56. The quantitative estimate of drug-likeness (QED) is 0.672. The topological polar surface area (TPSA) is 15.7 Å². The first-order valence-electron chi connectivity index (χ1n) is 8.86. The number of hydrogen-bond donors (Lipinski definition) is 0. The van der Waals surface area contributed by atoms with Crippen LogP contribution in [0.1, 0.15) is 30.5 Å². The number of nitrogens with zero attached hydrogens (tertiary/aromatic N) is 2. The number of rotatable bonds is 7. The van der Waals surface area contributed by atoms with Gasteiger partial charge < -0.3 is 9.75 Å². The van der Waals surface area contributed by atoms with E-state index in [1.807, 2.05) is 12.1 Å². The zero-order valence-electron chi connectivity index (χ0n) is 15.1. The minimum absolute atomic E-state index is 0.0611. The van der Waals surface area contributed by atoms with Gasteiger partial charge in [-0.25, -0.2) is 5.01 Å². The standard InChI is InChI=1S/C22H26N2O/c1-4-16-24-21(19-14-10-7-11-15-19)22(25-17-5-2)20(23(24)3)18-12-8-6-9-13-18/h4,6-15,21H,1,5,16-17H2,2-3H3. The molecule has 1 heterocycles. The van der Waals surface area contributed by atoms with E-state index in [9.17, 15) is 0 Å². The van der Waals surface area contributed by atoms with E-state index in [2.05, 4.69) is 85.2 Å². The molecule has 1 unspecified atom stereocenters. The third kappa shape index (κ3) is 3.47. The fraction of sp³-hybridized carbons (Fsp3) is 0.273. The predicted molar refractivity (Wildman–Crippen MR) is 103 cm³/mol. The highest BCUT2D eigenvalue weighted by atomic mass is 16.5. The molecule has 0 N–H and O–H groups in total. The summed E-state index contributed by atoms with van der Waals surface area (Å²) in [6.45, 7) is 7.55. The Morgan fingerprint density at radius 2 is 1.68 bits per heavy atom. The normalized spacial score (nSPS) is 17.8. The van der Waals surface area contributed by atoms with Gasteiger partial charge in [-0.2, -0.15) is 0 Å². The van der Waals surface area contributed by atoms with Crippen LogP contribution in [0.4, 0.5) is 0 Å². The van der Waals surface area contributed by atoms with Crippen LogP contribution < -0.4 is 0 Å². The van der Waals surface area contributed by atoms with Crippen molar-refractivity contribution in [3.8, 4) is 0 Å². The third-order valence-electron chi connectivity index (χ3n) is 4.43. The molecular weight excluding hydrogens is 308 g/mol. The second-order valence-corrected chi connectivity index (χ2v) is 6.17. The van der Waals surface area contributed by atoms with E-state index in [1.165, 1.54) is 11.1 Å². The molecule has 2 aromatic rings. The van der Waals surface area contributed by atoms with Crippen LogP contribution in [0.2, 0.25) is 0 Å². The molecule has 1 atom stereocenters. The van der Waals surface area contributed by atoms with Crippen molar-refractivity contribution in [3.63, 3.8) is 0 Å². The van der Waals surface area contributed by atoms with E-state index in [4.69, 9.17) is 4.74 Å². The lowest BCUT2D eigenvalue weighted by Crippen LogP contribution is -2.36. The lowest BCUT2D eigenvalue weighted by molar-refractivity contribution is 0.0438. The molecule has 0 fully saturated rings. The van der Waals surface area contributed by atoms with Gasteiger partial charge in [0.1, 0.15) is 11.8 Å². The Morgan fingerprint density at radius 3 is 2.28 bits per heavy atom. The second kappa shape index (κ2) is 8.04. The molecule has 0 aliphatic carbocycles. The summed E-state index contributed by atoms with van der Waals surface area (Å²) < 4.78 is 6.30. The first-order valence-corrected chi connectivity index (χ1v) is 8.86. The molecule has 3 heteroatoms.